The molecule has 2 aromatic carbocycles. The van der Waals surface area contributed by atoms with Crippen LogP contribution in [0, 0.1) is 0 Å². The van der Waals surface area contributed by atoms with Gasteiger partial charge in [0.2, 0.25) is 0 Å². The molecule has 2 aliphatic rings. The van der Waals surface area contributed by atoms with E-state index in [9.17, 15) is 43.2 Å². The fraction of sp³-hybridized carbons (Fsp3) is 0.455. The second kappa shape index (κ2) is 9.12. The van der Waals surface area contributed by atoms with Crippen LogP contribution in [-0.4, -0.2) is 27.9 Å². The quantitative estimate of drug-likeness (QED) is 0.271. The number of halogens is 6. The SMILES string of the molecule is O=S(=O)(Oc1ccc2c(c1-c1c(OS(=O)(=O)C(F)(F)F)ccc3c1CCCC3)CCCC2)C(F)(F)F. The van der Waals surface area contributed by atoms with Crippen LogP contribution in [0.1, 0.15) is 47.9 Å². The summed E-state index contributed by atoms with van der Waals surface area (Å²) < 4.78 is 135. The Kier molecular flexibility index (Phi) is 6.73. The Labute approximate surface area is 203 Å². The van der Waals surface area contributed by atoms with E-state index in [4.69, 9.17) is 0 Å². The molecule has 0 aromatic heterocycles. The number of fused-ring (bicyclic) bond motifs is 2. The van der Waals surface area contributed by atoms with Crippen molar-refractivity contribution in [1.29, 1.82) is 0 Å². The largest absolute Gasteiger partial charge is 0.534 e. The lowest BCUT2D eigenvalue weighted by Gasteiger charge is -2.27. The molecule has 0 saturated carbocycles. The van der Waals surface area contributed by atoms with Gasteiger partial charge < -0.3 is 8.37 Å². The van der Waals surface area contributed by atoms with E-state index in [1.807, 2.05) is 0 Å². The Morgan fingerprint density at radius 2 is 0.889 bits per heavy atom. The van der Waals surface area contributed by atoms with Crippen LogP contribution in [0.4, 0.5) is 26.3 Å². The number of benzene rings is 2. The number of aryl methyl sites for hydroxylation is 2. The highest BCUT2D eigenvalue weighted by Crippen LogP contribution is 2.48. The van der Waals surface area contributed by atoms with E-state index in [1.54, 1.807) is 0 Å². The lowest BCUT2D eigenvalue weighted by Crippen LogP contribution is -2.29. The van der Waals surface area contributed by atoms with E-state index in [0.29, 0.717) is 47.9 Å². The summed E-state index contributed by atoms with van der Waals surface area (Å²) in [6.45, 7) is 0. The highest BCUT2D eigenvalue weighted by Gasteiger charge is 2.50. The molecule has 0 bridgehead atoms. The van der Waals surface area contributed by atoms with Gasteiger partial charge in [0.25, 0.3) is 0 Å². The van der Waals surface area contributed by atoms with E-state index in [2.05, 4.69) is 8.37 Å². The summed E-state index contributed by atoms with van der Waals surface area (Å²) in [5, 5.41) is 0. The average Bonchev–Trinajstić information content (AvgIpc) is 2.77. The molecule has 14 heteroatoms. The first-order valence-corrected chi connectivity index (χ1v) is 13.8. The van der Waals surface area contributed by atoms with Crippen LogP contribution in [0.15, 0.2) is 24.3 Å². The highest BCUT2D eigenvalue weighted by molar-refractivity contribution is 7.88. The Bertz CT molecular complexity index is 1290. The molecule has 0 unspecified atom stereocenters. The lowest BCUT2D eigenvalue weighted by molar-refractivity contribution is -0.0505. The molecule has 2 aliphatic carbocycles. The van der Waals surface area contributed by atoms with Crippen molar-refractivity contribution in [1.82, 2.24) is 0 Å². The monoisotopic (exact) mass is 558 g/mol. The van der Waals surface area contributed by atoms with Crippen molar-refractivity contribution < 1.29 is 51.5 Å². The molecular formula is C22H20F6O6S2. The van der Waals surface area contributed by atoms with Crippen molar-refractivity contribution in [3.8, 4) is 22.6 Å². The molecule has 0 heterocycles. The van der Waals surface area contributed by atoms with E-state index in [-0.39, 0.29) is 24.0 Å². The Morgan fingerprint density at radius 3 is 1.22 bits per heavy atom. The standard InChI is InChI=1S/C22H20F6O6S2/c23-21(24,25)35(29,30)33-17-11-9-13-5-1-3-7-15(13)19(17)20-16-8-4-2-6-14(16)10-12-18(20)34-36(31,32)22(26,27)28/h9-12H,1-8H2. The first-order valence-electron chi connectivity index (χ1n) is 10.9. The van der Waals surface area contributed by atoms with E-state index >= 15 is 0 Å². The predicted molar refractivity (Wildman–Crippen MR) is 116 cm³/mol. The minimum Gasteiger partial charge on any atom is -0.375 e. The van der Waals surface area contributed by atoms with Gasteiger partial charge in [-0.2, -0.15) is 43.2 Å². The first-order chi connectivity index (χ1) is 16.6. The summed E-state index contributed by atoms with van der Waals surface area (Å²) in [6.07, 6.45) is 4.11. The molecule has 0 atom stereocenters. The van der Waals surface area contributed by atoms with Crippen LogP contribution in [0.5, 0.6) is 11.5 Å². The number of alkyl halides is 6. The molecular weight excluding hydrogens is 538 g/mol. The van der Waals surface area contributed by atoms with Gasteiger partial charge in [0.1, 0.15) is 0 Å². The lowest BCUT2D eigenvalue weighted by atomic mass is 9.80. The summed E-state index contributed by atoms with van der Waals surface area (Å²) in [5.74, 6) is -1.53. The second-order valence-corrected chi connectivity index (χ2v) is 11.6. The number of hydrogen-bond donors (Lipinski definition) is 0. The summed E-state index contributed by atoms with van der Waals surface area (Å²) in [6, 6.07) is 4.82. The third-order valence-electron chi connectivity index (χ3n) is 6.21. The molecule has 0 radical (unpaired) electrons. The fourth-order valence-electron chi connectivity index (χ4n) is 4.63. The molecule has 0 aliphatic heterocycles. The summed E-state index contributed by atoms with van der Waals surface area (Å²) in [4.78, 5) is 0. The normalized spacial score (nSPS) is 16.7. The van der Waals surface area contributed by atoms with Gasteiger partial charge >= 0.3 is 31.3 Å². The van der Waals surface area contributed by atoms with Gasteiger partial charge in [0.15, 0.2) is 11.5 Å². The van der Waals surface area contributed by atoms with Gasteiger partial charge in [0, 0.05) is 11.1 Å². The minimum absolute atomic E-state index is 0.203. The second-order valence-electron chi connectivity index (χ2n) is 8.53. The van der Waals surface area contributed by atoms with Gasteiger partial charge in [-0.15, -0.1) is 0 Å². The first kappa shape index (κ1) is 26.6. The minimum atomic E-state index is -6.14. The van der Waals surface area contributed by atoms with Crippen molar-refractivity contribution in [2.24, 2.45) is 0 Å². The van der Waals surface area contributed by atoms with Crippen LogP contribution in [0.25, 0.3) is 11.1 Å². The molecule has 4 rings (SSSR count). The van der Waals surface area contributed by atoms with Gasteiger partial charge in [-0.05, 0) is 85.8 Å². The van der Waals surface area contributed by atoms with Crippen molar-refractivity contribution in [2.75, 3.05) is 0 Å². The Morgan fingerprint density at radius 1 is 0.556 bits per heavy atom. The maximum absolute atomic E-state index is 13.2. The zero-order valence-corrected chi connectivity index (χ0v) is 20.1. The molecule has 0 fully saturated rings. The third kappa shape index (κ3) is 4.89. The highest BCUT2D eigenvalue weighted by atomic mass is 32.2. The maximum atomic E-state index is 13.2. The third-order valence-corrected chi connectivity index (χ3v) is 8.14. The smallest absolute Gasteiger partial charge is 0.375 e. The zero-order chi connectivity index (χ0) is 26.5. The average molecular weight is 559 g/mol. The number of hydrogen-bond acceptors (Lipinski definition) is 6. The molecule has 0 amide bonds. The van der Waals surface area contributed by atoms with Crippen molar-refractivity contribution in [3.63, 3.8) is 0 Å². The fourth-order valence-corrected chi connectivity index (χ4v) is 5.57. The molecule has 36 heavy (non-hydrogen) atoms. The van der Waals surface area contributed by atoms with Gasteiger partial charge in [-0.3, -0.25) is 0 Å². The van der Waals surface area contributed by atoms with E-state index in [0.717, 1.165) is 25.0 Å². The maximum Gasteiger partial charge on any atom is 0.534 e. The van der Waals surface area contributed by atoms with E-state index < -0.39 is 42.8 Å². The molecule has 0 spiro atoms. The van der Waals surface area contributed by atoms with Crippen LogP contribution in [0.2, 0.25) is 0 Å². The number of rotatable bonds is 5. The summed E-state index contributed by atoms with van der Waals surface area (Å²) >= 11 is 0. The van der Waals surface area contributed by atoms with Gasteiger partial charge in [-0.25, -0.2) is 0 Å². The Hall–Kier alpha value is -2.48. The Balaban J connectivity index is 2.03. The molecule has 2 aromatic rings. The summed E-state index contributed by atoms with van der Waals surface area (Å²) in [5.41, 5.74) is -9.90. The van der Waals surface area contributed by atoms with Gasteiger partial charge in [0.05, 0.1) is 0 Å². The predicted octanol–water partition coefficient (Wildman–Crippen LogP) is 5.57. The van der Waals surface area contributed by atoms with Crippen LogP contribution in [-0.2, 0) is 45.9 Å². The van der Waals surface area contributed by atoms with Crippen molar-refractivity contribution >= 4 is 20.2 Å². The van der Waals surface area contributed by atoms with Crippen LogP contribution < -0.4 is 8.37 Å². The van der Waals surface area contributed by atoms with Crippen molar-refractivity contribution in [3.05, 3.63) is 46.5 Å². The van der Waals surface area contributed by atoms with Crippen LogP contribution in [0.3, 0.4) is 0 Å². The van der Waals surface area contributed by atoms with Gasteiger partial charge in [-0.1, -0.05) is 12.1 Å². The van der Waals surface area contributed by atoms with Crippen LogP contribution >= 0.6 is 0 Å². The van der Waals surface area contributed by atoms with E-state index in [1.165, 1.54) is 12.1 Å². The molecule has 198 valence electrons. The van der Waals surface area contributed by atoms with Crippen molar-refractivity contribution in [2.45, 2.75) is 62.4 Å². The molecule has 6 nitrogen and oxygen atoms in total. The topological polar surface area (TPSA) is 86.7 Å². The molecule has 0 saturated heterocycles. The zero-order valence-electron chi connectivity index (χ0n) is 18.5. The molecule has 0 N–H and O–H groups in total. The summed E-state index contributed by atoms with van der Waals surface area (Å²) in [7, 11) is -12.3.